The van der Waals surface area contributed by atoms with Gasteiger partial charge >= 0.3 is 0 Å². The molecule has 2 fully saturated rings. The molecule has 5 rings (SSSR count). The van der Waals surface area contributed by atoms with E-state index in [4.69, 9.17) is 4.98 Å². The molecule has 35 heavy (non-hydrogen) atoms. The van der Waals surface area contributed by atoms with Crippen molar-refractivity contribution < 1.29 is 0 Å². The lowest BCUT2D eigenvalue weighted by molar-refractivity contribution is 0.00531. The molecule has 2 aromatic heterocycles. The first kappa shape index (κ1) is 23.5. The smallest absolute Gasteiger partial charge is 0.227 e. The Labute approximate surface area is 209 Å². The van der Waals surface area contributed by atoms with Gasteiger partial charge in [0.1, 0.15) is 5.82 Å². The van der Waals surface area contributed by atoms with Gasteiger partial charge in [0.05, 0.1) is 5.69 Å². The van der Waals surface area contributed by atoms with E-state index in [0.29, 0.717) is 16.8 Å². The van der Waals surface area contributed by atoms with E-state index in [2.05, 4.69) is 71.1 Å². The fourth-order valence-corrected chi connectivity index (χ4v) is 6.46. The van der Waals surface area contributed by atoms with Crippen LogP contribution in [-0.2, 0) is 0 Å². The summed E-state index contributed by atoms with van der Waals surface area (Å²) in [5.41, 5.74) is 6.08. The number of nitrogens with one attached hydrogen (secondary N) is 1. The lowest BCUT2D eigenvalue weighted by Gasteiger charge is -2.57. The number of aromatic nitrogens is 3. The van der Waals surface area contributed by atoms with E-state index in [1.807, 2.05) is 43.4 Å². The maximum atomic E-state index is 4.73. The number of fused-ring (bicyclic) bond motifs is 2. The normalized spacial score (nSPS) is 24.3. The highest BCUT2D eigenvalue weighted by Crippen LogP contribution is 2.46. The summed E-state index contributed by atoms with van der Waals surface area (Å²) in [6, 6.07) is 12.6. The lowest BCUT2D eigenvalue weighted by atomic mass is 9.65. The summed E-state index contributed by atoms with van der Waals surface area (Å²) in [4.78, 5) is 20.8. The van der Waals surface area contributed by atoms with Gasteiger partial charge in [-0.3, -0.25) is 0 Å². The van der Waals surface area contributed by atoms with Crippen LogP contribution in [0.1, 0.15) is 25.8 Å². The number of pyridine rings is 1. The summed E-state index contributed by atoms with van der Waals surface area (Å²) in [6.45, 7) is 11.6. The summed E-state index contributed by atoms with van der Waals surface area (Å²) in [5.74, 6) is 1.51. The van der Waals surface area contributed by atoms with Crippen molar-refractivity contribution in [2.24, 2.45) is 10.8 Å². The van der Waals surface area contributed by atoms with Crippen LogP contribution in [-0.4, -0.2) is 67.2 Å². The minimum atomic E-state index is 0.331. The van der Waals surface area contributed by atoms with Crippen LogP contribution in [0.2, 0.25) is 0 Å². The fraction of sp³-hybridized carbons (Fsp3) is 0.464. The third-order valence-electron chi connectivity index (χ3n) is 7.25. The molecule has 184 valence electrons. The predicted octanol–water partition coefficient (Wildman–Crippen LogP) is 4.82. The molecular weight excluding hydrogens is 434 g/mol. The molecule has 0 aliphatic carbocycles. The molecule has 2 bridgehead atoms. The van der Waals surface area contributed by atoms with E-state index in [1.165, 1.54) is 30.8 Å². The largest absolute Gasteiger partial charge is 0.370 e. The Bertz CT molecular complexity index is 1190. The van der Waals surface area contributed by atoms with Crippen LogP contribution < -0.4 is 15.1 Å². The topological polar surface area (TPSA) is 60.4 Å². The van der Waals surface area contributed by atoms with E-state index < -0.39 is 0 Å². The molecule has 7 nitrogen and oxygen atoms in total. The third-order valence-corrected chi connectivity index (χ3v) is 7.25. The van der Waals surface area contributed by atoms with Gasteiger partial charge in [-0.15, -0.1) is 0 Å². The molecule has 0 amide bonds. The summed E-state index contributed by atoms with van der Waals surface area (Å²) in [6.07, 6.45) is 4.95. The molecule has 1 aromatic carbocycles. The van der Waals surface area contributed by atoms with Gasteiger partial charge in [-0.2, -0.15) is 0 Å². The molecule has 7 heteroatoms. The number of hydrogen-bond donors (Lipinski definition) is 1. The highest BCUT2D eigenvalue weighted by atomic mass is 15.2. The number of nitrogens with zero attached hydrogens (tertiary/aromatic N) is 6. The predicted molar refractivity (Wildman–Crippen MR) is 145 cm³/mol. The number of likely N-dealkylation sites (tertiary alicyclic amines) is 1. The van der Waals surface area contributed by atoms with Gasteiger partial charge in [0.2, 0.25) is 5.95 Å². The van der Waals surface area contributed by atoms with Gasteiger partial charge in [-0.25, -0.2) is 15.0 Å². The number of hydrogen-bond acceptors (Lipinski definition) is 7. The third kappa shape index (κ3) is 4.96. The van der Waals surface area contributed by atoms with Crippen LogP contribution >= 0.6 is 0 Å². The van der Waals surface area contributed by atoms with Gasteiger partial charge in [0, 0.05) is 69.6 Å². The summed E-state index contributed by atoms with van der Waals surface area (Å²) in [7, 11) is 6.24. The number of aryl methyl sites for hydroxylation is 1. The molecule has 2 saturated heterocycles. The maximum Gasteiger partial charge on any atom is 0.227 e. The lowest BCUT2D eigenvalue weighted by Crippen LogP contribution is -2.61. The van der Waals surface area contributed by atoms with E-state index in [9.17, 15) is 0 Å². The molecule has 3 aromatic rings. The molecule has 2 unspecified atom stereocenters. The monoisotopic (exact) mass is 471 g/mol. The Hall–Kier alpha value is -3.19. The fourth-order valence-electron chi connectivity index (χ4n) is 6.46. The zero-order valence-electron chi connectivity index (χ0n) is 21.8. The summed E-state index contributed by atoms with van der Waals surface area (Å²) >= 11 is 0. The van der Waals surface area contributed by atoms with Crippen molar-refractivity contribution in [3.63, 3.8) is 0 Å². The van der Waals surface area contributed by atoms with Crippen molar-refractivity contribution >= 4 is 23.1 Å². The second-order valence-electron chi connectivity index (χ2n) is 11.5. The van der Waals surface area contributed by atoms with Crippen molar-refractivity contribution in [1.29, 1.82) is 0 Å². The van der Waals surface area contributed by atoms with Crippen molar-refractivity contribution in [3.8, 4) is 11.3 Å². The highest BCUT2D eigenvalue weighted by Gasteiger charge is 2.47. The van der Waals surface area contributed by atoms with Gasteiger partial charge in [-0.1, -0.05) is 13.8 Å². The van der Waals surface area contributed by atoms with E-state index in [-0.39, 0.29) is 0 Å². The van der Waals surface area contributed by atoms with Crippen molar-refractivity contribution in [2.45, 2.75) is 27.2 Å². The van der Waals surface area contributed by atoms with Crippen LogP contribution in [0.15, 0.2) is 48.8 Å². The van der Waals surface area contributed by atoms with Crippen LogP contribution in [0.4, 0.5) is 23.1 Å². The minimum absolute atomic E-state index is 0.331. The van der Waals surface area contributed by atoms with Gasteiger partial charge in [0.15, 0.2) is 0 Å². The first-order valence-corrected chi connectivity index (χ1v) is 12.4. The number of benzene rings is 1. The maximum absolute atomic E-state index is 4.73. The average Bonchev–Trinajstić information content (AvgIpc) is 2.77. The van der Waals surface area contributed by atoms with Crippen molar-refractivity contribution in [3.05, 3.63) is 54.4 Å². The Balaban J connectivity index is 1.33. The number of anilines is 4. The van der Waals surface area contributed by atoms with Crippen molar-refractivity contribution in [2.75, 3.05) is 62.4 Å². The van der Waals surface area contributed by atoms with Crippen LogP contribution in [0.3, 0.4) is 0 Å². The van der Waals surface area contributed by atoms with Crippen molar-refractivity contribution in [1.82, 2.24) is 19.9 Å². The summed E-state index contributed by atoms with van der Waals surface area (Å²) in [5, 5.41) is 3.40. The first-order chi connectivity index (χ1) is 16.6. The standard InChI is InChI=1S/C28H37N7/c1-20-13-22(8-9-24(20)35-18-27(2)15-28(3,19-35)17-34(6)16-27)31-26-29-12-11-23(32-26)21-7-10-25(30-14-21)33(4)5/h7-14H,15-19H2,1-6H3,(H,29,31,32). The Morgan fingerprint density at radius 2 is 1.69 bits per heavy atom. The molecule has 2 atom stereocenters. The Morgan fingerprint density at radius 1 is 0.943 bits per heavy atom. The van der Waals surface area contributed by atoms with Crippen LogP contribution in [0, 0.1) is 17.8 Å². The molecule has 4 heterocycles. The molecule has 0 radical (unpaired) electrons. The molecule has 1 N–H and O–H groups in total. The van der Waals surface area contributed by atoms with Crippen LogP contribution in [0.5, 0.6) is 0 Å². The summed E-state index contributed by atoms with van der Waals surface area (Å²) < 4.78 is 0. The Kier molecular flexibility index (Phi) is 5.91. The van der Waals surface area contributed by atoms with Gasteiger partial charge < -0.3 is 20.0 Å². The first-order valence-electron chi connectivity index (χ1n) is 12.4. The van der Waals surface area contributed by atoms with E-state index in [0.717, 1.165) is 35.9 Å². The zero-order valence-corrected chi connectivity index (χ0v) is 21.8. The van der Waals surface area contributed by atoms with Gasteiger partial charge in [-0.05, 0) is 73.2 Å². The quantitative estimate of drug-likeness (QED) is 0.572. The zero-order chi connectivity index (χ0) is 24.8. The molecule has 0 spiro atoms. The second kappa shape index (κ2) is 8.79. The van der Waals surface area contributed by atoms with Crippen LogP contribution in [0.25, 0.3) is 11.3 Å². The number of rotatable bonds is 5. The molecule has 2 aliphatic rings. The van der Waals surface area contributed by atoms with E-state index in [1.54, 1.807) is 6.20 Å². The van der Waals surface area contributed by atoms with Gasteiger partial charge in [0.25, 0.3) is 0 Å². The average molecular weight is 472 g/mol. The second-order valence-corrected chi connectivity index (χ2v) is 11.5. The highest BCUT2D eigenvalue weighted by molar-refractivity contribution is 5.66. The SMILES string of the molecule is Cc1cc(Nc2nccc(-c3ccc(N(C)C)nc3)n2)ccc1N1CC2(C)CN(C)CC(C)(C1)C2. The molecule has 0 saturated carbocycles. The van der Waals surface area contributed by atoms with E-state index >= 15 is 0 Å². The number of piperidine rings is 2. The Morgan fingerprint density at radius 3 is 2.31 bits per heavy atom. The molecular formula is C28H37N7. The molecule has 2 aliphatic heterocycles. The minimum Gasteiger partial charge on any atom is -0.370 e.